The molecular weight excluding hydrogens is 489 g/mol. The molecule has 0 radical (unpaired) electrons. The summed E-state index contributed by atoms with van der Waals surface area (Å²) < 4.78 is 42.8. The molecule has 5 nitrogen and oxygen atoms in total. The van der Waals surface area contributed by atoms with Crippen LogP contribution in [0.5, 0.6) is 0 Å². The minimum absolute atomic E-state index is 0.0434. The Morgan fingerprint density at radius 3 is 2.72 bits per heavy atom. The minimum atomic E-state index is -4.52. The van der Waals surface area contributed by atoms with Gasteiger partial charge in [0.1, 0.15) is 0 Å². The van der Waals surface area contributed by atoms with Crippen LogP contribution in [-0.2, 0) is 11.0 Å². The molecule has 2 aliphatic rings. The number of carbonyl (C=O) groups is 1. The zero-order valence-electron chi connectivity index (χ0n) is 20.0. The van der Waals surface area contributed by atoms with Gasteiger partial charge < -0.3 is 10.2 Å². The van der Waals surface area contributed by atoms with Gasteiger partial charge in [0.15, 0.2) is 0 Å². The molecule has 1 saturated heterocycles. The van der Waals surface area contributed by atoms with Crippen LogP contribution in [0.15, 0.2) is 48.7 Å². The third kappa shape index (κ3) is 4.89. The average Bonchev–Trinajstić information content (AvgIpc) is 3.31. The van der Waals surface area contributed by atoms with Crippen molar-refractivity contribution >= 4 is 34.0 Å². The maximum absolute atomic E-state index is 13.7. The summed E-state index contributed by atoms with van der Waals surface area (Å²) in [6, 6.07) is 9.05. The number of nitrogens with one attached hydrogen (secondary N) is 1. The third-order valence-corrected chi connectivity index (χ3v) is 7.47. The number of hydrogen-bond donors (Lipinski definition) is 1. The minimum Gasteiger partial charge on any atom is -0.337 e. The zero-order chi connectivity index (χ0) is 25.4. The van der Waals surface area contributed by atoms with E-state index in [-0.39, 0.29) is 22.5 Å². The molecule has 190 valence electrons. The van der Waals surface area contributed by atoms with E-state index in [1.165, 1.54) is 12.1 Å². The molecule has 1 unspecified atom stereocenters. The molecule has 9 heteroatoms. The standard InChI is InChI=1S/C27H28ClF3N4O/c1-17(22-8-7-21(28)15-23(22)27(29,30)31)35-25-14-19(5-6-20(25)16-33-35)18-9-12-34(13-10-18)26(36)24-4-2-3-11-32-24/h5-9,14-17,24,32H,2-4,10-13H2,1H3/t17-,24?/m1/s1. The number of benzene rings is 2. The van der Waals surface area contributed by atoms with Gasteiger partial charge in [-0.05, 0) is 67.6 Å². The first-order valence-electron chi connectivity index (χ1n) is 12.3. The number of rotatable bonds is 4. The highest BCUT2D eigenvalue weighted by Crippen LogP contribution is 2.38. The molecule has 1 fully saturated rings. The van der Waals surface area contributed by atoms with Gasteiger partial charge in [-0.15, -0.1) is 0 Å². The van der Waals surface area contributed by atoms with Gasteiger partial charge in [-0.1, -0.05) is 42.3 Å². The smallest absolute Gasteiger partial charge is 0.337 e. The SMILES string of the molecule is C[C@H](c1ccc(Cl)cc1C(F)(F)F)n1ncc2ccc(C3=CCN(C(=O)C4CCCCN4)CC3)cc21. The van der Waals surface area contributed by atoms with Crippen LogP contribution in [-0.4, -0.2) is 46.3 Å². The van der Waals surface area contributed by atoms with E-state index in [4.69, 9.17) is 11.6 Å². The first kappa shape index (κ1) is 24.8. The number of alkyl halides is 3. The number of aromatic nitrogens is 2. The van der Waals surface area contributed by atoms with Gasteiger partial charge in [-0.2, -0.15) is 18.3 Å². The van der Waals surface area contributed by atoms with Gasteiger partial charge in [-0.25, -0.2) is 0 Å². The van der Waals surface area contributed by atoms with Crippen LogP contribution in [0.25, 0.3) is 16.5 Å². The Bertz CT molecular complexity index is 1310. The Balaban J connectivity index is 1.41. The van der Waals surface area contributed by atoms with Gasteiger partial charge in [0, 0.05) is 23.5 Å². The van der Waals surface area contributed by atoms with Crippen molar-refractivity contribution in [2.24, 2.45) is 0 Å². The highest BCUT2D eigenvalue weighted by Gasteiger charge is 2.35. The van der Waals surface area contributed by atoms with Gasteiger partial charge >= 0.3 is 6.18 Å². The fourth-order valence-corrected chi connectivity index (χ4v) is 5.40. The fourth-order valence-electron chi connectivity index (χ4n) is 5.23. The number of fused-ring (bicyclic) bond motifs is 1. The Morgan fingerprint density at radius 2 is 2.03 bits per heavy atom. The molecule has 5 rings (SSSR count). The predicted octanol–water partition coefficient (Wildman–Crippen LogP) is 6.08. The molecule has 0 aliphatic carbocycles. The first-order chi connectivity index (χ1) is 17.2. The summed E-state index contributed by atoms with van der Waals surface area (Å²) in [7, 11) is 0. The average molecular weight is 517 g/mol. The van der Waals surface area contributed by atoms with E-state index < -0.39 is 17.8 Å². The molecule has 3 aromatic rings. The second kappa shape index (κ2) is 9.90. The number of halogens is 4. The highest BCUT2D eigenvalue weighted by molar-refractivity contribution is 6.30. The van der Waals surface area contributed by atoms with E-state index in [2.05, 4.69) is 16.5 Å². The van der Waals surface area contributed by atoms with E-state index in [0.29, 0.717) is 13.1 Å². The van der Waals surface area contributed by atoms with Gasteiger partial charge in [0.2, 0.25) is 5.91 Å². The molecular formula is C27H28ClF3N4O. The summed E-state index contributed by atoms with van der Waals surface area (Å²) in [5.41, 5.74) is 2.24. The van der Waals surface area contributed by atoms with Crippen molar-refractivity contribution in [2.45, 2.75) is 50.9 Å². The summed E-state index contributed by atoms with van der Waals surface area (Å²) in [4.78, 5) is 14.7. The van der Waals surface area contributed by atoms with Crippen LogP contribution >= 0.6 is 11.6 Å². The molecule has 2 aliphatic heterocycles. The summed E-state index contributed by atoms with van der Waals surface area (Å²) in [5, 5.41) is 8.65. The van der Waals surface area contributed by atoms with Crippen LogP contribution < -0.4 is 5.32 Å². The number of hydrogen-bond acceptors (Lipinski definition) is 3. The molecule has 1 N–H and O–H groups in total. The van der Waals surface area contributed by atoms with E-state index in [1.54, 1.807) is 17.8 Å². The molecule has 36 heavy (non-hydrogen) atoms. The van der Waals surface area contributed by atoms with Crippen LogP contribution in [0, 0.1) is 0 Å². The molecule has 1 aromatic heterocycles. The first-order valence-corrected chi connectivity index (χ1v) is 12.7. The Morgan fingerprint density at radius 1 is 1.19 bits per heavy atom. The van der Waals surface area contributed by atoms with Crippen LogP contribution in [0.1, 0.15) is 55.3 Å². The number of piperidine rings is 1. The second-order valence-corrected chi connectivity index (χ2v) is 9.97. The Kier molecular flexibility index (Phi) is 6.83. The summed E-state index contributed by atoms with van der Waals surface area (Å²) in [6.45, 7) is 3.80. The van der Waals surface area contributed by atoms with Crippen LogP contribution in [0.4, 0.5) is 13.2 Å². The third-order valence-electron chi connectivity index (χ3n) is 7.24. The van der Waals surface area contributed by atoms with E-state index in [9.17, 15) is 18.0 Å². The lowest BCUT2D eigenvalue weighted by Gasteiger charge is -2.32. The maximum Gasteiger partial charge on any atom is 0.416 e. The van der Waals surface area contributed by atoms with E-state index in [0.717, 1.165) is 60.3 Å². The number of carbonyl (C=O) groups excluding carboxylic acids is 1. The largest absolute Gasteiger partial charge is 0.416 e. The van der Waals surface area contributed by atoms with Gasteiger partial charge in [-0.3, -0.25) is 9.48 Å². The van der Waals surface area contributed by atoms with Gasteiger partial charge in [0.05, 0.1) is 29.4 Å². The lowest BCUT2D eigenvalue weighted by atomic mass is 9.97. The molecule has 0 bridgehead atoms. The van der Waals surface area contributed by atoms with Crippen molar-refractivity contribution < 1.29 is 18.0 Å². The van der Waals surface area contributed by atoms with Crippen molar-refractivity contribution in [3.63, 3.8) is 0 Å². The normalized spacial score (nSPS) is 19.9. The molecule has 1 amide bonds. The van der Waals surface area contributed by atoms with E-state index >= 15 is 0 Å². The molecule has 2 aromatic carbocycles. The molecule has 0 saturated carbocycles. The fraction of sp³-hybridized carbons (Fsp3) is 0.407. The predicted molar refractivity (Wildman–Crippen MR) is 135 cm³/mol. The lowest BCUT2D eigenvalue weighted by molar-refractivity contribution is -0.138. The highest BCUT2D eigenvalue weighted by atomic mass is 35.5. The zero-order valence-corrected chi connectivity index (χ0v) is 20.7. The summed E-state index contributed by atoms with van der Waals surface area (Å²) >= 11 is 5.87. The quantitative estimate of drug-likeness (QED) is 0.457. The summed E-state index contributed by atoms with van der Waals surface area (Å²) in [6.07, 6.45) is 3.03. The number of nitrogens with zero attached hydrogens (tertiary/aromatic N) is 3. The monoisotopic (exact) mass is 516 g/mol. The van der Waals surface area contributed by atoms with Crippen molar-refractivity contribution in [1.82, 2.24) is 20.0 Å². The van der Waals surface area contributed by atoms with Crippen LogP contribution in [0.2, 0.25) is 5.02 Å². The molecule has 3 heterocycles. The van der Waals surface area contributed by atoms with Crippen molar-refractivity contribution in [3.8, 4) is 0 Å². The molecule has 2 atom stereocenters. The lowest BCUT2D eigenvalue weighted by Crippen LogP contribution is -2.49. The molecule has 0 spiro atoms. The van der Waals surface area contributed by atoms with Crippen LogP contribution in [0.3, 0.4) is 0 Å². The van der Waals surface area contributed by atoms with Crippen molar-refractivity contribution in [1.29, 1.82) is 0 Å². The Hall–Kier alpha value is -2.84. The topological polar surface area (TPSA) is 50.2 Å². The summed E-state index contributed by atoms with van der Waals surface area (Å²) in [5.74, 6) is 0.163. The van der Waals surface area contributed by atoms with Crippen molar-refractivity contribution in [2.75, 3.05) is 19.6 Å². The van der Waals surface area contributed by atoms with Gasteiger partial charge in [0.25, 0.3) is 0 Å². The maximum atomic E-state index is 13.7. The second-order valence-electron chi connectivity index (χ2n) is 9.53. The number of amides is 1. The Labute approximate surface area is 212 Å². The van der Waals surface area contributed by atoms with E-state index in [1.807, 2.05) is 23.1 Å². The van der Waals surface area contributed by atoms with Crippen molar-refractivity contribution in [3.05, 3.63) is 70.4 Å².